The van der Waals surface area contributed by atoms with Gasteiger partial charge in [-0.1, -0.05) is 12.1 Å². The molecule has 1 aliphatic heterocycles. The predicted molar refractivity (Wildman–Crippen MR) is 83.1 cm³/mol. The quantitative estimate of drug-likeness (QED) is 0.787. The van der Waals surface area contributed by atoms with E-state index in [1.807, 2.05) is 6.92 Å². The second-order valence-corrected chi connectivity index (χ2v) is 6.05. The standard InChI is InChI=1S/C16H15F2N5O2/c1-2-13-21-14(25-22-13)12-6-16(17,18)7-23(12)15(24)9-3-4-10-11(5-9)20-8-19-10/h3-5,8,12H,2,6-7H2,1H3,(H,19,20)/t12-/m0/s1. The van der Waals surface area contributed by atoms with Crippen LogP contribution in [-0.2, 0) is 6.42 Å². The van der Waals surface area contributed by atoms with Crippen molar-refractivity contribution >= 4 is 16.9 Å². The molecule has 1 aliphatic rings. The van der Waals surface area contributed by atoms with Crippen LogP contribution in [0.1, 0.15) is 41.5 Å². The Bertz CT molecular complexity index is 935. The lowest BCUT2D eigenvalue weighted by Gasteiger charge is -2.21. The van der Waals surface area contributed by atoms with Gasteiger partial charge in [0.15, 0.2) is 5.82 Å². The smallest absolute Gasteiger partial charge is 0.267 e. The third-order valence-corrected chi connectivity index (χ3v) is 4.28. The number of rotatable bonds is 3. The molecule has 1 atom stereocenters. The van der Waals surface area contributed by atoms with Gasteiger partial charge in [0.25, 0.3) is 11.8 Å². The Labute approximate surface area is 141 Å². The molecule has 7 nitrogen and oxygen atoms in total. The number of aromatic amines is 1. The van der Waals surface area contributed by atoms with E-state index >= 15 is 0 Å². The highest BCUT2D eigenvalue weighted by atomic mass is 19.3. The molecule has 130 valence electrons. The van der Waals surface area contributed by atoms with Crippen molar-refractivity contribution < 1.29 is 18.1 Å². The number of aromatic nitrogens is 4. The zero-order chi connectivity index (χ0) is 17.6. The third-order valence-electron chi connectivity index (χ3n) is 4.28. The molecule has 0 aliphatic carbocycles. The number of carbonyl (C=O) groups is 1. The molecule has 1 saturated heterocycles. The van der Waals surface area contributed by atoms with Crippen molar-refractivity contribution in [1.29, 1.82) is 0 Å². The molecule has 1 N–H and O–H groups in total. The molecule has 25 heavy (non-hydrogen) atoms. The van der Waals surface area contributed by atoms with E-state index in [1.165, 1.54) is 6.33 Å². The lowest BCUT2D eigenvalue weighted by atomic mass is 10.1. The summed E-state index contributed by atoms with van der Waals surface area (Å²) >= 11 is 0. The highest BCUT2D eigenvalue weighted by Crippen LogP contribution is 2.41. The first kappa shape index (κ1) is 15.7. The number of amides is 1. The van der Waals surface area contributed by atoms with Gasteiger partial charge in [0.05, 0.1) is 23.9 Å². The van der Waals surface area contributed by atoms with E-state index in [0.29, 0.717) is 28.8 Å². The van der Waals surface area contributed by atoms with Crippen LogP contribution < -0.4 is 0 Å². The summed E-state index contributed by atoms with van der Waals surface area (Å²) in [4.78, 5) is 25.0. The second-order valence-electron chi connectivity index (χ2n) is 6.05. The van der Waals surface area contributed by atoms with Gasteiger partial charge in [-0.3, -0.25) is 4.79 Å². The minimum Gasteiger partial charge on any atom is -0.345 e. The summed E-state index contributed by atoms with van der Waals surface area (Å²) in [5, 5.41) is 3.75. The Kier molecular flexibility index (Phi) is 3.52. The summed E-state index contributed by atoms with van der Waals surface area (Å²) < 4.78 is 33.1. The highest BCUT2D eigenvalue weighted by Gasteiger charge is 2.50. The van der Waals surface area contributed by atoms with Crippen molar-refractivity contribution in [3.63, 3.8) is 0 Å². The van der Waals surface area contributed by atoms with Crippen LogP contribution in [0, 0.1) is 0 Å². The Morgan fingerprint density at radius 1 is 1.48 bits per heavy atom. The van der Waals surface area contributed by atoms with Gasteiger partial charge in [-0.05, 0) is 18.2 Å². The molecule has 0 bridgehead atoms. The number of alkyl halides is 2. The lowest BCUT2D eigenvalue weighted by molar-refractivity contribution is 0.0117. The fourth-order valence-corrected chi connectivity index (χ4v) is 3.03. The number of likely N-dealkylation sites (tertiary alicyclic amines) is 1. The number of benzene rings is 1. The summed E-state index contributed by atoms with van der Waals surface area (Å²) in [6, 6.07) is 3.91. The number of halogens is 2. The minimum atomic E-state index is -3.00. The Morgan fingerprint density at radius 3 is 3.08 bits per heavy atom. The van der Waals surface area contributed by atoms with Crippen LogP contribution in [0.25, 0.3) is 11.0 Å². The van der Waals surface area contributed by atoms with Crippen LogP contribution in [0.15, 0.2) is 29.0 Å². The van der Waals surface area contributed by atoms with E-state index < -0.39 is 30.8 Å². The molecular formula is C16H15F2N5O2. The molecule has 1 amide bonds. The number of H-pyrrole nitrogens is 1. The molecule has 9 heteroatoms. The van der Waals surface area contributed by atoms with Gasteiger partial charge in [-0.25, -0.2) is 13.8 Å². The summed E-state index contributed by atoms with van der Waals surface area (Å²) in [5.74, 6) is -3.03. The van der Waals surface area contributed by atoms with Gasteiger partial charge < -0.3 is 14.4 Å². The average molecular weight is 347 g/mol. The maximum absolute atomic E-state index is 14.0. The zero-order valence-corrected chi connectivity index (χ0v) is 13.4. The van der Waals surface area contributed by atoms with Crippen molar-refractivity contribution in [2.75, 3.05) is 6.54 Å². The first-order valence-electron chi connectivity index (χ1n) is 7.91. The van der Waals surface area contributed by atoms with Gasteiger partial charge in [0, 0.05) is 18.4 Å². The Hall–Kier alpha value is -2.84. The van der Waals surface area contributed by atoms with E-state index in [9.17, 15) is 13.6 Å². The Balaban J connectivity index is 1.68. The van der Waals surface area contributed by atoms with E-state index in [4.69, 9.17) is 4.52 Å². The maximum Gasteiger partial charge on any atom is 0.267 e. The van der Waals surface area contributed by atoms with Crippen LogP contribution in [0.3, 0.4) is 0 Å². The molecule has 0 saturated carbocycles. The molecular weight excluding hydrogens is 332 g/mol. The average Bonchev–Trinajstić information content (AvgIpc) is 3.30. The molecule has 4 rings (SSSR count). The monoisotopic (exact) mass is 347 g/mol. The first-order chi connectivity index (χ1) is 12.0. The molecule has 0 spiro atoms. The number of nitrogens with zero attached hydrogens (tertiary/aromatic N) is 4. The number of aryl methyl sites for hydroxylation is 1. The number of imidazole rings is 1. The number of fused-ring (bicyclic) bond motifs is 1. The van der Waals surface area contributed by atoms with Crippen LogP contribution in [0.4, 0.5) is 8.78 Å². The van der Waals surface area contributed by atoms with Crippen LogP contribution >= 0.6 is 0 Å². The largest absolute Gasteiger partial charge is 0.345 e. The topological polar surface area (TPSA) is 87.9 Å². The molecule has 2 aromatic heterocycles. The summed E-state index contributed by atoms with van der Waals surface area (Å²) in [6.45, 7) is 1.15. The Morgan fingerprint density at radius 2 is 2.32 bits per heavy atom. The van der Waals surface area contributed by atoms with E-state index in [-0.39, 0.29) is 5.89 Å². The first-order valence-corrected chi connectivity index (χ1v) is 7.91. The van der Waals surface area contributed by atoms with Gasteiger partial charge in [0.1, 0.15) is 6.04 Å². The number of carbonyl (C=O) groups excluding carboxylic acids is 1. The van der Waals surface area contributed by atoms with Crippen molar-refractivity contribution in [3.05, 3.63) is 41.8 Å². The number of nitrogens with one attached hydrogen (secondary N) is 1. The molecule has 3 heterocycles. The van der Waals surface area contributed by atoms with E-state index in [1.54, 1.807) is 18.2 Å². The van der Waals surface area contributed by atoms with Gasteiger partial charge in [-0.15, -0.1) is 0 Å². The fraction of sp³-hybridized carbons (Fsp3) is 0.375. The molecule has 1 fully saturated rings. The van der Waals surface area contributed by atoms with Gasteiger partial charge in [-0.2, -0.15) is 4.98 Å². The fourth-order valence-electron chi connectivity index (χ4n) is 3.03. The van der Waals surface area contributed by atoms with Crippen molar-refractivity contribution in [2.24, 2.45) is 0 Å². The number of hydrogen-bond donors (Lipinski definition) is 1. The van der Waals surface area contributed by atoms with Crippen LogP contribution in [-0.4, -0.2) is 43.4 Å². The van der Waals surface area contributed by atoms with Crippen molar-refractivity contribution in [3.8, 4) is 0 Å². The van der Waals surface area contributed by atoms with Gasteiger partial charge >= 0.3 is 0 Å². The molecule has 3 aromatic rings. The predicted octanol–water partition coefficient (Wildman–Crippen LogP) is 2.73. The molecule has 0 unspecified atom stereocenters. The SMILES string of the molecule is CCc1noc([C@@H]2CC(F)(F)CN2C(=O)c2ccc3nc[nH]c3c2)n1. The van der Waals surface area contributed by atoms with Gasteiger partial charge in [0.2, 0.25) is 5.89 Å². The zero-order valence-electron chi connectivity index (χ0n) is 13.4. The third kappa shape index (κ3) is 2.75. The number of hydrogen-bond acceptors (Lipinski definition) is 5. The summed E-state index contributed by atoms with van der Waals surface area (Å²) in [6.07, 6.45) is 1.50. The second kappa shape index (κ2) is 5.61. The highest BCUT2D eigenvalue weighted by molar-refractivity contribution is 5.97. The van der Waals surface area contributed by atoms with E-state index in [2.05, 4.69) is 20.1 Å². The normalized spacial score (nSPS) is 19.6. The van der Waals surface area contributed by atoms with Crippen LogP contribution in [0.5, 0.6) is 0 Å². The molecule has 1 aromatic carbocycles. The van der Waals surface area contributed by atoms with Crippen LogP contribution in [0.2, 0.25) is 0 Å². The summed E-state index contributed by atoms with van der Waals surface area (Å²) in [7, 11) is 0. The lowest BCUT2D eigenvalue weighted by Crippen LogP contribution is -2.33. The minimum absolute atomic E-state index is 0.0463. The van der Waals surface area contributed by atoms with E-state index in [0.717, 1.165) is 4.90 Å². The summed E-state index contributed by atoms with van der Waals surface area (Å²) in [5.41, 5.74) is 1.67. The van der Waals surface area contributed by atoms with Crippen molar-refractivity contribution in [1.82, 2.24) is 25.0 Å². The van der Waals surface area contributed by atoms with Crippen molar-refractivity contribution in [2.45, 2.75) is 31.7 Å². The maximum atomic E-state index is 14.0. The molecule has 0 radical (unpaired) electrons.